The molecule has 1 aromatic carbocycles. The molecule has 2 N–H and O–H groups in total. The fourth-order valence-electron chi connectivity index (χ4n) is 3.77. The van der Waals surface area contributed by atoms with Gasteiger partial charge in [0.25, 0.3) is 0 Å². The van der Waals surface area contributed by atoms with Crippen molar-refractivity contribution >= 4 is 33.3 Å². The molecule has 2 atom stereocenters. The SMILES string of the molecule is O=C(Nc1nc(-c2c[nH]c3ccccc23)cs1)[C@@H]1CCCC[C@@H]1C(F)(F)F. The van der Waals surface area contributed by atoms with Crippen LogP contribution in [0.1, 0.15) is 25.7 Å². The lowest BCUT2D eigenvalue weighted by atomic mass is 9.78. The third-order valence-electron chi connectivity index (χ3n) is 5.12. The highest BCUT2D eigenvalue weighted by molar-refractivity contribution is 7.14. The quantitative estimate of drug-likeness (QED) is 0.609. The van der Waals surface area contributed by atoms with Crippen LogP contribution >= 0.6 is 11.3 Å². The van der Waals surface area contributed by atoms with E-state index >= 15 is 0 Å². The van der Waals surface area contributed by atoms with Gasteiger partial charge in [0.2, 0.25) is 5.91 Å². The lowest BCUT2D eigenvalue weighted by Crippen LogP contribution is -2.39. The maximum atomic E-state index is 13.2. The minimum Gasteiger partial charge on any atom is -0.360 e. The number of thiazole rings is 1. The summed E-state index contributed by atoms with van der Waals surface area (Å²) in [5, 5.41) is 5.73. The molecule has 1 saturated carbocycles. The van der Waals surface area contributed by atoms with E-state index < -0.39 is 23.9 Å². The Kier molecular flexibility index (Phi) is 4.67. The van der Waals surface area contributed by atoms with Gasteiger partial charge in [-0.3, -0.25) is 4.79 Å². The summed E-state index contributed by atoms with van der Waals surface area (Å²) >= 11 is 1.22. The lowest BCUT2D eigenvalue weighted by molar-refractivity contribution is -0.197. The number of aromatic nitrogens is 2. The summed E-state index contributed by atoms with van der Waals surface area (Å²) in [4.78, 5) is 20.1. The van der Waals surface area contributed by atoms with Crippen molar-refractivity contribution in [1.82, 2.24) is 9.97 Å². The third-order valence-corrected chi connectivity index (χ3v) is 5.88. The van der Waals surface area contributed by atoms with E-state index in [0.29, 0.717) is 23.7 Å². The van der Waals surface area contributed by atoms with E-state index in [0.717, 1.165) is 16.5 Å². The van der Waals surface area contributed by atoms with Gasteiger partial charge < -0.3 is 10.3 Å². The summed E-state index contributed by atoms with van der Waals surface area (Å²) in [6.07, 6.45) is -1.08. The zero-order valence-electron chi connectivity index (χ0n) is 14.3. The number of H-pyrrole nitrogens is 1. The van der Waals surface area contributed by atoms with Crippen LogP contribution in [-0.2, 0) is 4.79 Å². The molecule has 1 aliphatic carbocycles. The maximum Gasteiger partial charge on any atom is 0.392 e. The average Bonchev–Trinajstić information content (AvgIpc) is 3.27. The zero-order valence-corrected chi connectivity index (χ0v) is 15.2. The number of nitrogens with one attached hydrogen (secondary N) is 2. The molecule has 0 aliphatic heterocycles. The van der Waals surface area contributed by atoms with Gasteiger partial charge in [-0.1, -0.05) is 31.0 Å². The van der Waals surface area contributed by atoms with Gasteiger partial charge in [0, 0.05) is 34.0 Å². The molecule has 1 fully saturated rings. The Morgan fingerprint density at radius 1 is 1.22 bits per heavy atom. The van der Waals surface area contributed by atoms with Crippen LogP contribution in [0.3, 0.4) is 0 Å². The summed E-state index contributed by atoms with van der Waals surface area (Å²) in [6, 6.07) is 7.77. The topological polar surface area (TPSA) is 57.8 Å². The number of halogens is 3. The van der Waals surface area contributed by atoms with Gasteiger partial charge in [-0.05, 0) is 18.9 Å². The first-order chi connectivity index (χ1) is 12.9. The predicted octanol–water partition coefficient (Wildman–Crippen LogP) is 5.60. The summed E-state index contributed by atoms with van der Waals surface area (Å²) < 4.78 is 39.7. The molecule has 0 bridgehead atoms. The van der Waals surface area contributed by atoms with Crippen LogP contribution in [-0.4, -0.2) is 22.1 Å². The number of carbonyl (C=O) groups excluding carboxylic acids is 1. The maximum absolute atomic E-state index is 13.2. The number of hydrogen-bond acceptors (Lipinski definition) is 3. The molecule has 4 rings (SSSR count). The number of hydrogen-bond donors (Lipinski definition) is 2. The van der Waals surface area contributed by atoms with E-state index in [1.54, 1.807) is 5.38 Å². The molecular weight excluding hydrogens is 375 g/mol. The number of nitrogens with zero attached hydrogens (tertiary/aromatic N) is 1. The molecule has 27 heavy (non-hydrogen) atoms. The summed E-state index contributed by atoms with van der Waals surface area (Å²) in [7, 11) is 0. The van der Waals surface area contributed by atoms with Crippen molar-refractivity contribution in [2.45, 2.75) is 31.9 Å². The molecule has 4 nitrogen and oxygen atoms in total. The Balaban J connectivity index is 1.53. The molecule has 142 valence electrons. The zero-order chi connectivity index (χ0) is 19.0. The highest BCUT2D eigenvalue weighted by atomic mass is 32.1. The van der Waals surface area contributed by atoms with Crippen LogP contribution in [0.5, 0.6) is 0 Å². The standard InChI is InChI=1S/C19H18F3N3OS/c20-19(21,22)14-7-3-1-6-12(14)17(26)25-18-24-16(10-27-18)13-9-23-15-8-4-2-5-11(13)15/h2,4-5,8-10,12,14,23H,1,3,6-7H2,(H,24,25,26)/t12-,14+/m1/s1. The van der Waals surface area contributed by atoms with E-state index in [1.165, 1.54) is 11.3 Å². The van der Waals surface area contributed by atoms with Crippen LogP contribution in [0.2, 0.25) is 0 Å². The van der Waals surface area contributed by atoms with Gasteiger partial charge in [0.1, 0.15) is 0 Å². The van der Waals surface area contributed by atoms with Crippen molar-refractivity contribution in [2.24, 2.45) is 11.8 Å². The first kappa shape index (κ1) is 18.0. The molecule has 2 aromatic heterocycles. The highest BCUT2D eigenvalue weighted by Crippen LogP contribution is 2.42. The van der Waals surface area contributed by atoms with Crippen LogP contribution in [0.15, 0.2) is 35.8 Å². The molecule has 8 heteroatoms. The number of carbonyl (C=O) groups is 1. The third kappa shape index (κ3) is 3.58. The normalized spacial score (nSPS) is 20.7. The van der Waals surface area contributed by atoms with Gasteiger partial charge in [-0.15, -0.1) is 11.3 Å². The van der Waals surface area contributed by atoms with Crippen LogP contribution in [0.25, 0.3) is 22.2 Å². The van der Waals surface area contributed by atoms with Gasteiger partial charge in [-0.25, -0.2) is 4.98 Å². The molecule has 1 amide bonds. The Morgan fingerprint density at radius 3 is 2.81 bits per heavy atom. The highest BCUT2D eigenvalue weighted by Gasteiger charge is 2.48. The summed E-state index contributed by atoms with van der Waals surface area (Å²) in [5.74, 6) is -3.20. The number of para-hydroxylation sites is 1. The second-order valence-electron chi connectivity index (χ2n) is 6.81. The van der Waals surface area contributed by atoms with Crippen molar-refractivity contribution in [2.75, 3.05) is 5.32 Å². The molecule has 0 saturated heterocycles. The van der Waals surface area contributed by atoms with Crippen molar-refractivity contribution in [3.63, 3.8) is 0 Å². The van der Waals surface area contributed by atoms with Gasteiger partial charge in [0.05, 0.1) is 11.6 Å². The fraction of sp³-hybridized carbons (Fsp3) is 0.368. The summed E-state index contributed by atoms with van der Waals surface area (Å²) in [5.41, 5.74) is 2.55. The first-order valence-electron chi connectivity index (χ1n) is 8.83. The first-order valence-corrected chi connectivity index (χ1v) is 9.71. The molecular formula is C19H18F3N3OS. The number of rotatable bonds is 3. The Bertz CT molecular complexity index is 962. The second kappa shape index (κ2) is 6.99. The molecule has 2 heterocycles. The van der Waals surface area contributed by atoms with Crippen LogP contribution in [0.4, 0.5) is 18.3 Å². The molecule has 1 aliphatic rings. The van der Waals surface area contributed by atoms with Crippen molar-refractivity contribution in [3.05, 3.63) is 35.8 Å². The average molecular weight is 393 g/mol. The lowest BCUT2D eigenvalue weighted by Gasteiger charge is -2.31. The molecule has 0 unspecified atom stereocenters. The van der Waals surface area contributed by atoms with Gasteiger partial charge >= 0.3 is 6.18 Å². The Labute approximate surface area is 157 Å². The Hall–Kier alpha value is -2.35. The number of alkyl halides is 3. The minimum absolute atomic E-state index is 0.0139. The van der Waals surface area contributed by atoms with E-state index in [1.807, 2.05) is 30.5 Å². The number of aromatic amines is 1. The number of fused-ring (bicyclic) bond motifs is 1. The van der Waals surface area contributed by atoms with Crippen molar-refractivity contribution in [1.29, 1.82) is 0 Å². The van der Waals surface area contributed by atoms with Gasteiger partial charge in [0.15, 0.2) is 5.13 Å². The monoisotopic (exact) mass is 393 g/mol. The number of benzene rings is 1. The Morgan fingerprint density at radius 2 is 2.00 bits per heavy atom. The van der Waals surface area contributed by atoms with E-state index in [9.17, 15) is 18.0 Å². The van der Waals surface area contributed by atoms with Crippen LogP contribution in [0, 0.1) is 11.8 Å². The molecule has 0 radical (unpaired) electrons. The number of amides is 1. The fourth-order valence-corrected chi connectivity index (χ4v) is 4.49. The largest absolute Gasteiger partial charge is 0.392 e. The van der Waals surface area contributed by atoms with E-state index in [2.05, 4.69) is 15.3 Å². The van der Waals surface area contributed by atoms with Crippen molar-refractivity contribution < 1.29 is 18.0 Å². The van der Waals surface area contributed by atoms with E-state index in [-0.39, 0.29) is 12.8 Å². The number of anilines is 1. The molecule has 0 spiro atoms. The van der Waals surface area contributed by atoms with Crippen LogP contribution < -0.4 is 5.32 Å². The summed E-state index contributed by atoms with van der Waals surface area (Å²) in [6.45, 7) is 0. The second-order valence-corrected chi connectivity index (χ2v) is 7.67. The van der Waals surface area contributed by atoms with Gasteiger partial charge in [-0.2, -0.15) is 13.2 Å². The van der Waals surface area contributed by atoms with E-state index in [4.69, 9.17) is 0 Å². The predicted molar refractivity (Wildman–Crippen MR) is 99.5 cm³/mol. The smallest absolute Gasteiger partial charge is 0.360 e. The molecule has 3 aromatic rings. The van der Waals surface area contributed by atoms with Crippen molar-refractivity contribution in [3.8, 4) is 11.3 Å². The minimum atomic E-state index is -4.35.